The fraction of sp³-hybridized carbons (Fsp3) is 0.684. The predicted molar refractivity (Wildman–Crippen MR) is 89.7 cm³/mol. The first kappa shape index (κ1) is 15.1. The second-order valence-electron chi connectivity index (χ2n) is 7.11. The predicted octanol–water partition coefficient (Wildman–Crippen LogP) is 3.70. The van der Waals surface area contributed by atoms with Crippen molar-refractivity contribution in [1.29, 1.82) is 0 Å². The van der Waals surface area contributed by atoms with E-state index in [1.165, 1.54) is 44.1 Å². The van der Waals surface area contributed by atoms with E-state index in [0.717, 1.165) is 12.6 Å². The van der Waals surface area contributed by atoms with Crippen molar-refractivity contribution in [3.8, 4) is 0 Å². The minimum atomic E-state index is 0.451. The number of hydrogen-bond acceptors (Lipinski definition) is 2. The van der Waals surface area contributed by atoms with E-state index in [2.05, 4.69) is 49.3 Å². The molecule has 1 N–H and O–H groups in total. The maximum absolute atomic E-state index is 3.73. The summed E-state index contributed by atoms with van der Waals surface area (Å²) in [4.78, 5) is 2.53. The molecule has 2 nitrogen and oxygen atoms in total. The normalized spacial score (nSPS) is 21.1. The molecule has 0 amide bonds. The lowest BCUT2D eigenvalue weighted by Gasteiger charge is -2.27. The van der Waals surface area contributed by atoms with Gasteiger partial charge in [-0.3, -0.25) is 4.90 Å². The van der Waals surface area contributed by atoms with Gasteiger partial charge in [-0.1, -0.05) is 18.2 Å². The lowest BCUT2D eigenvalue weighted by atomic mass is 9.89. The number of likely N-dealkylation sites (N-methyl/N-ethyl adjacent to an activating group) is 1. The summed E-state index contributed by atoms with van der Waals surface area (Å²) < 4.78 is 0. The second kappa shape index (κ2) is 6.50. The van der Waals surface area contributed by atoms with Crippen molar-refractivity contribution in [2.75, 3.05) is 13.6 Å². The van der Waals surface area contributed by atoms with Gasteiger partial charge < -0.3 is 5.32 Å². The Morgan fingerprint density at radius 3 is 2.57 bits per heavy atom. The molecule has 0 bridgehead atoms. The maximum atomic E-state index is 3.73. The molecular weight excluding hydrogens is 256 g/mol. The number of aryl methyl sites for hydroxylation is 2. The van der Waals surface area contributed by atoms with Crippen LogP contribution in [0.4, 0.5) is 0 Å². The van der Waals surface area contributed by atoms with Crippen LogP contribution in [0, 0.1) is 0 Å². The van der Waals surface area contributed by atoms with Crippen molar-refractivity contribution in [1.82, 2.24) is 10.2 Å². The Bertz CT molecular complexity index is 478. The summed E-state index contributed by atoms with van der Waals surface area (Å²) >= 11 is 0. The Morgan fingerprint density at radius 1 is 1.14 bits per heavy atom. The van der Waals surface area contributed by atoms with Gasteiger partial charge in [-0.05, 0) is 76.1 Å². The van der Waals surface area contributed by atoms with Crippen molar-refractivity contribution in [3.63, 3.8) is 0 Å². The lowest BCUT2D eigenvalue weighted by Crippen LogP contribution is -2.39. The zero-order valence-corrected chi connectivity index (χ0v) is 13.9. The standard InChI is InChI=1S/C19H30N2/c1-14(21(3)19-10-11-19)13-20-15(2)17-9-8-16-6-4-5-7-18(16)12-17/h8-9,12,14-15,19-20H,4-7,10-11,13H2,1-3H3. The van der Waals surface area contributed by atoms with Gasteiger partial charge in [-0.25, -0.2) is 0 Å². The van der Waals surface area contributed by atoms with Crippen LogP contribution in [0.25, 0.3) is 0 Å². The van der Waals surface area contributed by atoms with Crippen molar-refractivity contribution in [3.05, 3.63) is 34.9 Å². The molecule has 0 saturated heterocycles. The summed E-state index contributed by atoms with van der Waals surface area (Å²) in [6, 6.07) is 9.06. The van der Waals surface area contributed by atoms with Crippen LogP contribution in [0.1, 0.15) is 62.3 Å². The first-order valence-corrected chi connectivity index (χ1v) is 8.72. The van der Waals surface area contributed by atoms with Crippen molar-refractivity contribution in [2.24, 2.45) is 0 Å². The molecule has 1 saturated carbocycles. The number of benzene rings is 1. The third kappa shape index (κ3) is 3.67. The molecule has 2 atom stereocenters. The molecule has 2 aliphatic rings. The highest BCUT2D eigenvalue weighted by Gasteiger charge is 2.29. The Labute approximate surface area is 129 Å². The molecule has 1 aromatic carbocycles. The smallest absolute Gasteiger partial charge is 0.0292 e. The number of rotatable bonds is 6. The minimum Gasteiger partial charge on any atom is -0.309 e. The Kier molecular flexibility index (Phi) is 4.66. The third-order valence-electron chi connectivity index (χ3n) is 5.41. The van der Waals surface area contributed by atoms with Gasteiger partial charge >= 0.3 is 0 Å². The second-order valence-corrected chi connectivity index (χ2v) is 7.11. The van der Waals surface area contributed by atoms with Crippen LogP contribution < -0.4 is 5.32 Å². The molecule has 1 fully saturated rings. The van der Waals surface area contributed by atoms with Crippen LogP contribution in [-0.2, 0) is 12.8 Å². The highest BCUT2D eigenvalue weighted by atomic mass is 15.2. The van der Waals surface area contributed by atoms with Gasteiger partial charge in [0.25, 0.3) is 0 Å². The molecule has 3 rings (SSSR count). The quantitative estimate of drug-likeness (QED) is 0.858. The van der Waals surface area contributed by atoms with Crippen LogP contribution in [0.15, 0.2) is 18.2 Å². The highest BCUT2D eigenvalue weighted by molar-refractivity contribution is 5.35. The highest BCUT2D eigenvalue weighted by Crippen LogP contribution is 2.27. The van der Waals surface area contributed by atoms with Crippen LogP contribution in [0.2, 0.25) is 0 Å². The zero-order valence-electron chi connectivity index (χ0n) is 13.9. The van der Waals surface area contributed by atoms with Crippen LogP contribution >= 0.6 is 0 Å². The molecule has 21 heavy (non-hydrogen) atoms. The lowest BCUT2D eigenvalue weighted by molar-refractivity contribution is 0.237. The van der Waals surface area contributed by atoms with Crippen molar-refractivity contribution in [2.45, 2.75) is 70.5 Å². The van der Waals surface area contributed by atoms with E-state index < -0.39 is 0 Å². The van der Waals surface area contributed by atoms with Crippen LogP contribution in [0.5, 0.6) is 0 Å². The average molecular weight is 286 g/mol. The summed E-state index contributed by atoms with van der Waals surface area (Å²) in [5.74, 6) is 0. The van der Waals surface area contributed by atoms with Gasteiger partial charge in [0.05, 0.1) is 0 Å². The SMILES string of the molecule is CC(NCC(C)N(C)C1CC1)c1ccc2c(c1)CCCC2. The van der Waals surface area contributed by atoms with Gasteiger partial charge in [-0.2, -0.15) is 0 Å². The summed E-state index contributed by atoms with van der Waals surface area (Å²) in [7, 11) is 2.27. The Balaban J connectivity index is 1.56. The van der Waals surface area contributed by atoms with Gasteiger partial charge in [0.1, 0.15) is 0 Å². The summed E-state index contributed by atoms with van der Waals surface area (Å²) in [5.41, 5.74) is 4.63. The fourth-order valence-corrected chi connectivity index (χ4v) is 3.47. The summed E-state index contributed by atoms with van der Waals surface area (Å²) in [6.45, 7) is 5.71. The van der Waals surface area contributed by atoms with E-state index in [0.29, 0.717) is 12.1 Å². The number of nitrogens with one attached hydrogen (secondary N) is 1. The molecule has 0 radical (unpaired) electrons. The molecule has 2 unspecified atom stereocenters. The van der Waals surface area contributed by atoms with Crippen LogP contribution in [-0.4, -0.2) is 30.6 Å². The van der Waals surface area contributed by atoms with E-state index in [9.17, 15) is 0 Å². The molecule has 0 aromatic heterocycles. The summed E-state index contributed by atoms with van der Waals surface area (Å²) in [6.07, 6.45) is 8.06. The Morgan fingerprint density at radius 2 is 1.86 bits per heavy atom. The molecular formula is C19H30N2. The van der Waals surface area contributed by atoms with E-state index in [4.69, 9.17) is 0 Å². The van der Waals surface area contributed by atoms with E-state index in [1.54, 1.807) is 11.1 Å². The first-order valence-electron chi connectivity index (χ1n) is 8.72. The van der Waals surface area contributed by atoms with E-state index >= 15 is 0 Å². The Hall–Kier alpha value is -0.860. The molecule has 0 heterocycles. The molecule has 2 aliphatic carbocycles. The third-order valence-corrected chi connectivity index (χ3v) is 5.41. The number of hydrogen-bond donors (Lipinski definition) is 1. The first-order chi connectivity index (χ1) is 10.1. The minimum absolute atomic E-state index is 0.451. The molecule has 0 aliphatic heterocycles. The molecule has 2 heteroatoms. The average Bonchev–Trinajstić information content (AvgIpc) is 3.35. The zero-order chi connectivity index (χ0) is 14.8. The van der Waals surface area contributed by atoms with Gasteiger partial charge in [0, 0.05) is 24.7 Å². The molecule has 0 spiro atoms. The monoisotopic (exact) mass is 286 g/mol. The van der Waals surface area contributed by atoms with Gasteiger partial charge in [0.15, 0.2) is 0 Å². The topological polar surface area (TPSA) is 15.3 Å². The molecule has 1 aromatic rings. The van der Waals surface area contributed by atoms with Crippen molar-refractivity contribution >= 4 is 0 Å². The largest absolute Gasteiger partial charge is 0.309 e. The molecule has 116 valence electrons. The van der Waals surface area contributed by atoms with E-state index in [-0.39, 0.29) is 0 Å². The fourth-order valence-electron chi connectivity index (χ4n) is 3.47. The number of fused-ring (bicyclic) bond motifs is 1. The number of nitrogens with zero attached hydrogens (tertiary/aromatic N) is 1. The van der Waals surface area contributed by atoms with Gasteiger partial charge in [-0.15, -0.1) is 0 Å². The van der Waals surface area contributed by atoms with Crippen molar-refractivity contribution < 1.29 is 0 Å². The van der Waals surface area contributed by atoms with E-state index in [1.807, 2.05) is 0 Å². The van der Waals surface area contributed by atoms with Crippen LogP contribution in [0.3, 0.4) is 0 Å². The van der Waals surface area contributed by atoms with Gasteiger partial charge in [0.2, 0.25) is 0 Å². The summed E-state index contributed by atoms with van der Waals surface area (Å²) in [5, 5.41) is 3.73. The maximum Gasteiger partial charge on any atom is 0.0292 e.